The molecule has 2 heterocycles. The SMILES string of the molecule is Cc1ccc2nc(N=Cc3c(C)[nH]n(-c4ccc(C)c(C)c4)c3=O)sc2c1. The molecule has 136 valence electrons. The van der Waals surface area contributed by atoms with Crippen molar-refractivity contribution in [1.29, 1.82) is 0 Å². The van der Waals surface area contributed by atoms with Crippen LogP contribution < -0.4 is 5.56 Å². The molecular weight excluding hydrogens is 356 g/mol. The van der Waals surface area contributed by atoms with Gasteiger partial charge in [0.15, 0.2) is 0 Å². The third-order valence-corrected chi connectivity index (χ3v) is 5.63. The van der Waals surface area contributed by atoms with Gasteiger partial charge in [0, 0.05) is 11.9 Å². The molecule has 6 heteroatoms. The number of aromatic nitrogens is 3. The second-order valence-corrected chi connectivity index (χ2v) is 7.79. The molecule has 2 aromatic carbocycles. The highest BCUT2D eigenvalue weighted by Crippen LogP contribution is 2.28. The monoisotopic (exact) mass is 376 g/mol. The number of thiazole rings is 1. The minimum absolute atomic E-state index is 0.114. The summed E-state index contributed by atoms with van der Waals surface area (Å²) in [6.45, 7) is 8.03. The second kappa shape index (κ2) is 6.63. The summed E-state index contributed by atoms with van der Waals surface area (Å²) < 4.78 is 2.66. The molecule has 0 unspecified atom stereocenters. The molecule has 1 N–H and O–H groups in total. The van der Waals surface area contributed by atoms with Crippen LogP contribution in [0.25, 0.3) is 15.9 Å². The average molecular weight is 376 g/mol. The summed E-state index contributed by atoms with van der Waals surface area (Å²) in [6, 6.07) is 12.1. The first-order valence-corrected chi connectivity index (χ1v) is 9.54. The Hall–Kier alpha value is -2.99. The Bertz CT molecular complexity index is 1240. The molecule has 0 fully saturated rings. The summed E-state index contributed by atoms with van der Waals surface area (Å²) in [4.78, 5) is 21.8. The Labute approximate surface area is 161 Å². The van der Waals surface area contributed by atoms with Gasteiger partial charge in [-0.05, 0) is 68.7 Å². The molecule has 0 aliphatic carbocycles. The molecule has 0 radical (unpaired) electrons. The van der Waals surface area contributed by atoms with Crippen molar-refractivity contribution < 1.29 is 0 Å². The number of nitrogens with one attached hydrogen (secondary N) is 1. The maximum atomic E-state index is 12.8. The Morgan fingerprint density at radius 2 is 1.89 bits per heavy atom. The van der Waals surface area contributed by atoms with Gasteiger partial charge in [0.1, 0.15) is 0 Å². The van der Waals surface area contributed by atoms with E-state index in [0.29, 0.717) is 10.7 Å². The van der Waals surface area contributed by atoms with Crippen LogP contribution in [0.15, 0.2) is 46.2 Å². The highest BCUT2D eigenvalue weighted by Gasteiger charge is 2.12. The molecule has 2 aromatic heterocycles. The van der Waals surface area contributed by atoms with Crippen LogP contribution in [0.2, 0.25) is 0 Å². The van der Waals surface area contributed by atoms with Crippen molar-refractivity contribution in [1.82, 2.24) is 14.8 Å². The van der Waals surface area contributed by atoms with E-state index in [2.05, 4.69) is 35.0 Å². The third-order valence-electron chi connectivity index (χ3n) is 4.70. The highest BCUT2D eigenvalue weighted by atomic mass is 32.1. The summed E-state index contributed by atoms with van der Waals surface area (Å²) in [7, 11) is 0. The number of rotatable bonds is 3. The predicted molar refractivity (Wildman–Crippen MR) is 112 cm³/mol. The number of aromatic amines is 1. The topological polar surface area (TPSA) is 63.0 Å². The average Bonchev–Trinajstić information content (AvgIpc) is 3.15. The zero-order chi connectivity index (χ0) is 19.1. The lowest BCUT2D eigenvalue weighted by molar-refractivity contribution is 0.833. The van der Waals surface area contributed by atoms with E-state index >= 15 is 0 Å². The van der Waals surface area contributed by atoms with E-state index in [1.165, 1.54) is 22.5 Å². The highest BCUT2D eigenvalue weighted by molar-refractivity contribution is 7.22. The van der Waals surface area contributed by atoms with Gasteiger partial charge in [0.2, 0.25) is 5.13 Å². The zero-order valence-corrected chi connectivity index (χ0v) is 16.5. The molecule has 0 aliphatic heterocycles. The van der Waals surface area contributed by atoms with Gasteiger partial charge < -0.3 is 0 Å². The van der Waals surface area contributed by atoms with Gasteiger partial charge in [-0.3, -0.25) is 9.89 Å². The lowest BCUT2D eigenvalue weighted by Gasteiger charge is -2.05. The van der Waals surface area contributed by atoms with Gasteiger partial charge >= 0.3 is 0 Å². The van der Waals surface area contributed by atoms with Crippen molar-refractivity contribution in [3.63, 3.8) is 0 Å². The van der Waals surface area contributed by atoms with Crippen LogP contribution in [-0.4, -0.2) is 21.0 Å². The fourth-order valence-corrected chi connectivity index (χ4v) is 3.86. The molecule has 0 bridgehead atoms. The van der Waals surface area contributed by atoms with E-state index in [9.17, 15) is 4.79 Å². The van der Waals surface area contributed by atoms with Gasteiger partial charge in [-0.25, -0.2) is 14.7 Å². The number of H-pyrrole nitrogens is 1. The van der Waals surface area contributed by atoms with Crippen LogP contribution in [0.5, 0.6) is 0 Å². The van der Waals surface area contributed by atoms with Crippen molar-refractivity contribution in [3.8, 4) is 5.69 Å². The molecular formula is C21H20N4OS. The molecule has 4 rings (SSSR count). The number of fused-ring (bicyclic) bond motifs is 1. The Morgan fingerprint density at radius 3 is 2.67 bits per heavy atom. The van der Waals surface area contributed by atoms with Gasteiger partial charge in [-0.15, -0.1) is 0 Å². The molecule has 0 saturated carbocycles. The van der Waals surface area contributed by atoms with Gasteiger partial charge in [-0.2, -0.15) is 0 Å². The zero-order valence-electron chi connectivity index (χ0n) is 15.7. The first kappa shape index (κ1) is 17.4. The number of nitrogens with zero attached hydrogens (tertiary/aromatic N) is 3. The van der Waals surface area contributed by atoms with E-state index in [4.69, 9.17) is 0 Å². The number of hydrogen-bond donors (Lipinski definition) is 1. The molecule has 0 amide bonds. The molecule has 0 aliphatic rings. The molecule has 5 nitrogen and oxygen atoms in total. The van der Waals surface area contributed by atoms with Crippen LogP contribution in [0.1, 0.15) is 27.9 Å². The largest absolute Gasteiger partial charge is 0.295 e. The first-order chi connectivity index (χ1) is 12.9. The van der Waals surface area contributed by atoms with E-state index in [0.717, 1.165) is 27.2 Å². The smallest absolute Gasteiger partial charge is 0.280 e. The minimum atomic E-state index is -0.114. The first-order valence-electron chi connectivity index (χ1n) is 8.73. The Morgan fingerprint density at radius 1 is 1.07 bits per heavy atom. The summed E-state index contributed by atoms with van der Waals surface area (Å²) in [5.74, 6) is 0. The Kier molecular flexibility index (Phi) is 4.28. The van der Waals surface area contributed by atoms with Crippen molar-refractivity contribution in [2.24, 2.45) is 4.99 Å². The van der Waals surface area contributed by atoms with Crippen LogP contribution in [0.4, 0.5) is 5.13 Å². The fourth-order valence-electron chi connectivity index (χ4n) is 2.95. The van der Waals surface area contributed by atoms with Gasteiger partial charge in [0.25, 0.3) is 5.56 Å². The summed E-state index contributed by atoms with van der Waals surface area (Å²) >= 11 is 1.52. The van der Waals surface area contributed by atoms with E-state index < -0.39 is 0 Å². The lowest BCUT2D eigenvalue weighted by Crippen LogP contribution is -2.17. The molecule has 27 heavy (non-hydrogen) atoms. The minimum Gasteiger partial charge on any atom is -0.295 e. The van der Waals surface area contributed by atoms with E-state index in [1.807, 2.05) is 44.2 Å². The van der Waals surface area contributed by atoms with Gasteiger partial charge in [-0.1, -0.05) is 23.5 Å². The predicted octanol–water partition coefficient (Wildman–Crippen LogP) is 4.76. The lowest BCUT2D eigenvalue weighted by atomic mass is 10.1. The summed E-state index contributed by atoms with van der Waals surface area (Å²) in [6.07, 6.45) is 1.61. The summed E-state index contributed by atoms with van der Waals surface area (Å²) in [5, 5.41) is 3.79. The maximum absolute atomic E-state index is 12.8. The standard InChI is InChI=1S/C21H20N4OS/c1-12-5-8-18-19(9-12)27-21(23-18)22-11-17-15(4)24-25(20(17)26)16-7-6-13(2)14(3)10-16/h5-11,24H,1-4H3. The third kappa shape index (κ3) is 3.24. The molecule has 0 spiro atoms. The number of aryl methyl sites for hydroxylation is 4. The fraction of sp³-hybridized carbons (Fsp3) is 0.190. The van der Waals surface area contributed by atoms with E-state index in [-0.39, 0.29) is 5.56 Å². The second-order valence-electron chi connectivity index (χ2n) is 6.79. The quantitative estimate of drug-likeness (QED) is 0.524. The number of aliphatic imine (C=N–C) groups is 1. The van der Waals surface area contributed by atoms with Crippen LogP contribution >= 0.6 is 11.3 Å². The number of hydrogen-bond acceptors (Lipinski definition) is 4. The van der Waals surface area contributed by atoms with Crippen LogP contribution in [0.3, 0.4) is 0 Å². The van der Waals surface area contributed by atoms with Crippen molar-refractivity contribution in [3.05, 3.63) is 74.7 Å². The normalized spacial score (nSPS) is 11.7. The van der Waals surface area contributed by atoms with Crippen molar-refractivity contribution in [2.45, 2.75) is 27.7 Å². The maximum Gasteiger partial charge on any atom is 0.280 e. The Balaban J connectivity index is 1.71. The van der Waals surface area contributed by atoms with Crippen molar-refractivity contribution >= 4 is 32.9 Å². The van der Waals surface area contributed by atoms with Crippen molar-refractivity contribution in [2.75, 3.05) is 0 Å². The molecule has 0 saturated heterocycles. The van der Waals surface area contributed by atoms with Gasteiger partial charge in [0.05, 0.1) is 21.5 Å². The number of benzene rings is 2. The van der Waals surface area contributed by atoms with E-state index in [1.54, 1.807) is 10.9 Å². The van der Waals surface area contributed by atoms with Crippen LogP contribution in [-0.2, 0) is 0 Å². The van der Waals surface area contributed by atoms with Crippen LogP contribution in [0, 0.1) is 27.7 Å². The molecule has 0 atom stereocenters. The molecule has 4 aromatic rings. The summed E-state index contributed by atoms with van der Waals surface area (Å²) in [5.41, 5.74) is 6.49.